The Labute approximate surface area is 246 Å². The van der Waals surface area contributed by atoms with Crippen molar-refractivity contribution in [1.29, 1.82) is 0 Å². The van der Waals surface area contributed by atoms with Crippen LogP contribution in [0, 0.1) is 6.92 Å². The standard InChI is InChI=1S/C30H27ClN4O3S2/c1-3-26(29(38)35-30-32-19(2)18-39-30)40-24-11-7-10-23(17-24)33-28(37)25(16-20-12-14-22(31)15-13-20)34-27(36)21-8-5-4-6-9-21/h4-18,26H,3H2,1-2H3,(H,33,37)(H,34,36)(H,32,35,38)/b25-16-. The van der Waals surface area contributed by atoms with Crippen LogP contribution in [0.2, 0.25) is 5.02 Å². The molecule has 0 saturated carbocycles. The molecule has 204 valence electrons. The third-order valence-corrected chi connectivity index (χ3v) is 8.08. The van der Waals surface area contributed by atoms with E-state index < -0.39 is 11.8 Å². The fraction of sp³-hybridized carbons (Fsp3) is 0.133. The van der Waals surface area contributed by atoms with E-state index in [1.165, 1.54) is 23.1 Å². The van der Waals surface area contributed by atoms with Crippen LogP contribution in [-0.4, -0.2) is 28.0 Å². The number of thioether (sulfide) groups is 1. The molecule has 0 aliphatic carbocycles. The Morgan fingerprint density at radius 3 is 2.42 bits per heavy atom. The van der Waals surface area contributed by atoms with Gasteiger partial charge in [0.25, 0.3) is 11.8 Å². The lowest BCUT2D eigenvalue weighted by atomic mass is 10.1. The topological polar surface area (TPSA) is 100 Å². The van der Waals surface area contributed by atoms with Gasteiger partial charge in [-0.15, -0.1) is 23.1 Å². The van der Waals surface area contributed by atoms with Crippen molar-refractivity contribution in [2.24, 2.45) is 0 Å². The maximum Gasteiger partial charge on any atom is 0.272 e. The van der Waals surface area contributed by atoms with Gasteiger partial charge in [-0.1, -0.05) is 54.9 Å². The number of nitrogens with zero attached hydrogens (tertiary/aromatic N) is 1. The van der Waals surface area contributed by atoms with E-state index >= 15 is 0 Å². The van der Waals surface area contributed by atoms with E-state index in [0.29, 0.717) is 33.4 Å². The maximum atomic E-state index is 13.4. The normalized spacial score (nSPS) is 11.9. The Kier molecular flexibility index (Phi) is 10.1. The Balaban J connectivity index is 1.49. The lowest BCUT2D eigenvalue weighted by Gasteiger charge is -2.15. The fourth-order valence-corrected chi connectivity index (χ4v) is 5.43. The summed E-state index contributed by atoms with van der Waals surface area (Å²) in [7, 11) is 0. The third kappa shape index (κ3) is 8.29. The number of aromatic nitrogens is 1. The fourth-order valence-electron chi connectivity index (χ4n) is 3.60. The average molecular weight is 591 g/mol. The molecule has 0 spiro atoms. The Morgan fingerprint density at radius 1 is 1.00 bits per heavy atom. The van der Waals surface area contributed by atoms with Gasteiger partial charge in [-0.05, 0) is 67.4 Å². The smallest absolute Gasteiger partial charge is 0.272 e. The molecule has 7 nitrogen and oxygen atoms in total. The molecule has 3 N–H and O–H groups in total. The highest BCUT2D eigenvalue weighted by Crippen LogP contribution is 2.29. The van der Waals surface area contributed by atoms with Crippen LogP contribution in [0.5, 0.6) is 0 Å². The molecule has 4 rings (SSSR count). The molecule has 40 heavy (non-hydrogen) atoms. The van der Waals surface area contributed by atoms with Gasteiger partial charge in [0, 0.05) is 26.5 Å². The molecular formula is C30H27ClN4O3S2. The van der Waals surface area contributed by atoms with Gasteiger partial charge in [0.15, 0.2) is 5.13 Å². The summed E-state index contributed by atoms with van der Waals surface area (Å²) in [6.07, 6.45) is 2.19. The van der Waals surface area contributed by atoms with Crippen LogP contribution in [-0.2, 0) is 9.59 Å². The number of halogens is 1. The van der Waals surface area contributed by atoms with E-state index in [-0.39, 0.29) is 16.9 Å². The van der Waals surface area contributed by atoms with E-state index in [2.05, 4.69) is 20.9 Å². The van der Waals surface area contributed by atoms with E-state index in [0.717, 1.165) is 10.6 Å². The summed E-state index contributed by atoms with van der Waals surface area (Å²) < 4.78 is 0. The van der Waals surface area contributed by atoms with Crippen LogP contribution in [0.3, 0.4) is 0 Å². The minimum atomic E-state index is -0.495. The Hall–Kier alpha value is -3.92. The number of benzene rings is 3. The van der Waals surface area contributed by atoms with Crippen LogP contribution >= 0.6 is 34.7 Å². The number of nitrogens with one attached hydrogen (secondary N) is 3. The first kappa shape index (κ1) is 29.1. The van der Waals surface area contributed by atoms with Crippen LogP contribution in [0.1, 0.15) is 35.0 Å². The van der Waals surface area contributed by atoms with Crippen LogP contribution in [0.15, 0.2) is 94.8 Å². The van der Waals surface area contributed by atoms with Crippen molar-refractivity contribution >= 4 is 69.3 Å². The van der Waals surface area contributed by atoms with Gasteiger partial charge in [0.05, 0.1) is 10.9 Å². The van der Waals surface area contributed by atoms with Gasteiger partial charge in [-0.2, -0.15) is 0 Å². The van der Waals surface area contributed by atoms with E-state index in [1.807, 2.05) is 31.4 Å². The van der Waals surface area contributed by atoms with Crippen molar-refractivity contribution in [3.05, 3.63) is 112 Å². The average Bonchev–Trinajstić information content (AvgIpc) is 3.37. The molecule has 0 fully saturated rings. The number of rotatable bonds is 10. The van der Waals surface area contributed by atoms with Gasteiger partial charge in [-0.25, -0.2) is 4.98 Å². The molecule has 0 bridgehead atoms. The molecule has 1 aromatic heterocycles. The minimum absolute atomic E-state index is 0.0683. The number of carbonyl (C=O) groups is 3. The zero-order valence-corrected chi connectivity index (χ0v) is 24.2. The van der Waals surface area contributed by atoms with Gasteiger partial charge in [0.2, 0.25) is 5.91 Å². The SMILES string of the molecule is CCC(Sc1cccc(NC(=O)/C(=C/c2ccc(Cl)cc2)NC(=O)c2ccccc2)c1)C(=O)Nc1nc(C)cs1. The van der Waals surface area contributed by atoms with Crippen molar-refractivity contribution in [2.75, 3.05) is 10.6 Å². The van der Waals surface area contributed by atoms with Crippen molar-refractivity contribution in [3.63, 3.8) is 0 Å². The summed E-state index contributed by atoms with van der Waals surface area (Å²) in [6.45, 7) is 3.82. The van der Waals surface area contributed by atoms with Gasteiger partial charge < -0.3 is 16.0 Å². The quantitative estimate of drug-likeness (QED) is 0.136. The summed E-state index contributed by atoms with van der Waals surface area (Å²) in [5.74, 6) is -1.04. The zero-order valence-electron chi connectivity index (χ0n) is 21.8. The minimum Gasteiger partial charge on any atom is -0.321 e. The summed E-state index contributed by atoms with van der Waals surface area (Å²) in [5, 5.41) is 11.1. The lowest BCUT2D eigenvalue weighted by molar-refractivity contribution is -0.116. The molecule has 3 amide bonds. The Bertz CT molecular complexity index is 1520. The van der Waals surface area contributed by atoms with Crippen LogP contribution in [0.25, 0.3) is 6.08 Å². The summed E-state index contributed by atoms with van der Waals surface area (Å²) in [4.78, 5) is 44.2. The highest BCUT2D eigenvalue weighted by molar-refractivity contribution is 8.00. The highest BCUT2D eigenvalue weighted by atomic mass is 35.5. The molecular weight excluding hydrogens is 564 g/mol. The maximum absolute atomic E-state index is 13.4. The van der Waals surface area contributed by atoms with E-state index in [9.17, 15) is 14.4 Å². The van der Waals surface area contributed by atoms with Gasteiger partial charge in [-0.3, -0.25) is 14.4 Å². The number of thiazole rings is 1. The second kappa shape index (κ2) is 13.9. The number of carbonyl (C=O) groups excluding carboxylic acids is 3. The van der Waals surface area contributed by atoms with Crippen molar-refractivity contribution < 1.29 is 14.4 Å². The molecule has 3 aromatic carbocycles. The Morgan fingerprint density at radius 2 is 1.75 bits per heavy atom. The number of amides is 3. The summed E-state index contributed by atoms with van der Waals surface area (Å²) in [5.41, 5.74) is 2.57. The monoisotopic (exact) mass is 590 g/mol. The predicted octanol–water partition coefficient (Wildman–Crippen LogP) is 7.02. The molecule has 0 aliphatic heterocycles. The molecule has 1 heterocycles. The summed E-state index contributed by atoms with van der Waals surface area (Å²) >= 11 is 8.79. The molecule has 0 radical (unpaired) electrons. The van der Waals surface area contributed by atoms with Crippen LogP contribution in [0.4, 0.5) is 10.8 Å². The lowest BCUT2D eigenvalue weighted by Crippen LogP contribution is -2.30. The number of hydrogen-bond acceptors (Lipinski definition) is 6. The highest BCUT2D eigenvalue weighted by Gasteiger charge is 2.20. The zero-order chi connectivity index (χ0) is 28.5. The number of anilines is 2. The second-order valence-electron chi connectivity index (χ2n) is 8.71. The largest absolute Gasteiger partial charge is 0.321 e. The van der Waals surface area contributed by atoms with E-state index in [4.69, 9.17) is 11.6 Å². The van der Waals surface area contributed by atoms with Crippen molar-refractivity contribution in [1.82, 2.24) is 10.3 Å². The van der Waals surface area contributed by atoms with Crippen LogP contribution < -0.4 is 16.0 Å². The molecule has 0 saturated heterocycles. The van der Waals surface area contributed by atoms with Gasteiger partial charge in [0.1, 0.15) is 5.70 Å². The first-order valence-electron chi connectivity index (χ1n) is 12.5. The van der Waals surface area contributed by atoms with Crippen molar-refractivity contribution in [3.8, 4) is 0 Å². The second-order valence-corrected chi connectivity index (χ2v) is 11.3. The predicted molar refractivity (Wildman–Crippen MR) is 164 cm³/mol. The first-order valence-corrected chi connectivity index (χ1v) is 14.6. The molecule has 0 aliphatic rings. The molecule has 1 unspecified atom stereocenters. The first-order chi connectivity index (χ1) is 19.3. The van der Waals surface area contributed by atoms with Gasteiger partial charge >= 0.3 is 0 Å². The third-order valence-electron chi connectivity index (χ3n) is 5.59. The van der Waals surface area contributed by atoms with E-state index in [1.54, 1.807) is 72.8 Å². The summed E-state index contributed by atoms with van der Waals surface area (Å²) in [6, 6.07) is 22.8. The number of hydrogen-bond donors (Lipinski definition) is 3. The number of aryl methyl sites for hydroxylation is 1. The van der Waals surface area contributed by atoms with Crippen molar-refractivity contribution in [2.45, 2.75) is 30.4 Å². The molecule has 1 atom stereocenters. The molecule has 4 aromatic rings. The molecule has 10 heteroatoms.